The Hall–Kier alpha value is -3.94. The van der Waals surface area contributed by atoms with Crippen LogP contribution in [0.5, 0.6) is 0 Å². The van der Waals surface area contributed by atoms with Crippen LogP contribution in [-0.2, 0) is 39.9 Å². The van der Waals surface area contributed by atoms with Crippen molar-refractivity contribution in [1.29, 1.82) is 5.26 Å². The summed E-state index contributed by atoms with van der Waals surface area (Å²) in [6, 6.07) is 6.02. The van der Waals surface area contributed by atoms with Crippen molar-refractivity contribution < 1.29 is 33.4 Å². The summed E-state index contributed by atoms with van der Waals surface area (Å²) < 4.78 is 10.7. The molecule has 0 saturated carbocycles. The molecule has 0 aliphatic carbocycles. The second-order valence-corrected chi connectivity index (χ2v) is 11.4. The van der Waals surface area contributed by atoms with E-state index in [1.807, 2.05) is 6.07 Å². The molecule has 3 N–H and O–H groups in total. The lowest BCUT2D eigenvalue weighted by atomic mass is 10.0. The zero-order valence-corrected chi connectivity index (χ0v) is 24.0. The van der Waals surface area contributed by atoms with Crippen LogP contribution in [0.3, 0.4) is 0 Å². The molecule has 0 unspecified atom stereocenters. The summed E-state index contributed by atoms with van der Waals surface area (Å²) >= 11 is 0. The van der Waals surface area contributed by atoms with Gasteiger partial charge in [0.1, 0.15) is 23.3 Å². The number of hydrogen-bond acceptors (Lipinski definition) is 8. The molecule has 39 heavy (non-hydrogen) atoms. The highest BCUT2D eigenvalue weighted by Crippen LogP contribution is 2.14. The molecule has 0 aliphatic heterocycles. The molecule has 0 aromatic heterocycles. The molecule has 0 heterocycles. The van der Waals surface area contributed by atoms with E-state index in [1.165, 1.54) is 0 Å². The van der Waals surface area contributed by atoms with E-state index in [2.05, 4.69) is 16.0 Å². The number of esters is 2. The van der Waals surface area contributed by atoms with Gasteiger partial charge >= 0.3 is 11.9 Å². The number of nitrogens with one attached hydrogen (secondary N) is 3. The number of amides is 3. The Morgan fingerprint density at radius 3 is 1.92 bits per heavy atom. The number of hydrogen-bond donors (Lipinski definition) is 3. The first-order valence-corrected chi connectivity index (χ1v) is 12.7. The number of ether oxygens (including phenoxy) is 2. The molecule has 1 aromatic rings. The molecule has 11 heteroatoms. The van der Waals surface area contributed by atoms with Crippen LogP contribution in [0.1, 0.15) is 72.9 Å². The van der Waals surface area contributed by atoms with Crippen LogP contribution in [0.25, 0.3) is 0 Å². The van der Waals surface area contributed by atoms with Gasteiger partial charge in [-0.1, -0.05) is 26.0 Å². The maximum absolute atomic E-state index is 13.1. The molecule has 0 fully saturated rings. The first-order valence-electron chi connectivity index (χ1n) is 12.7. The van der Waals surface area contributed by atoms with E-state index < -0.39 is 65.9 Å². The fraction of sp³-hybridized carbons (Fsp3) is 0.571. The minimum atomic E-state index is -1.37. The largest absolute Gasteiger partial charge is 0.460 e. The van der Waals surface area contributed by atoms with Crippen molar-refractivity contribution in [2.24, 2.45) is 5.92 Å². The van der Waals surface area contributed by atoms with Crippen molar-refractivity contribution >= 4 is 29.7 Å². The van der Waals surface area contributed by atoms with Gasteiger partial charge in [0.2, 0.25) is 17.7 Å². The Morgan fingerprint density at radius 1 is 0.872 bits per heavy atom. The fourth-order valence-corrected chi connectivity index (χ4v) is 3.25. The Bertz CT molecular complexity index is 1080. The molecule has 0 bridgehead atoms. The van der Waals surface area contributed by atoms with Crippen molar-refractivity contribution in [1.82, 2.24) is 16.0 Å². The highest BCUT2D eigenvalue weighted by atomic mass is 16.6. The van der Waals surface area contributed by atoms with Gasteiger partial charge < -0.3 is 25.4 Å². The Labute approximate surface area is 230 Å². The van der Waals surface area contributed by atoms with Crippen LogP contribution in [0, 0.1) is 17.2 Å². The minimum absolute atomic E-state index is 0.0211. The SMILES string of the molecule is CC(C)[C@H](NC(=O)[C@H](CC(=O)OC(C)(C)C)NC(=O)CNC(=O)Cc1ccc(C#N)cc1)C(=O)OC(C)(C)C. The zero-order valence-electron chi connectivity index (χ0n) is 24.0. The third-order valence-corrected chi connectivity index (χ3v) is 4.96. The van der Waals surface area contributed by atoms with Gasteiger partial charge in [0.05, 0.1) is 31.0 Å². The van der Waals surface area contributed by atoms with Crippen LogP contribution in [0.4, 0.5) is 0 Å². The van der Waals surface area contributed by atoms with Crippen LogP contribution in [0.15, 0.2) is 24.3 Å². The van der Waals surface area contributed by atoms with Gasteiger partial charge in [0.15, 0.2) is 0 Å². The van der Waals surface area contributed by atoms with Gasteiger partial charge in [-0.25, -0.2) is 4.79 Å². The lowest BCUT2D eigenvalue weighted by Gasteiger charge is -2.28. The van der Waals surface area contributed by atoms with E-state index in [1.54, 1.807) is 79.7 Å². The smallest absolute Gasteiger partial charge is 0.329 e. The highest BCUT2D eigenvalue weighted by molar-refractivity contribution is 5.94. The number of nitrogens with zero attached hydrogens (tertiary/aromatic N) is 1. The van der Waals surface area contributed by atoms with E-state index in [0.29, 0.717) is 11.1 Å². The summed E-state index contributed by atoms with van der Waals surface area (Å²) in [6.07, 6.45) is -0.514. The number of benzene rings is 1. The van der Waals surface area contributed by atoms with Crippen LogP contribution in [0.2, 0.25) is 0 Å². The summed E-state index contributed by atoms with van der Waals surface area (Å²) in [4.78, 5) is 63.2. The van der Waals surface area contributed by atoms with E-state index in [0.717, 1.165) is 0 Å². The average Bonchev–Trinajstić information content (AvgIpc) is 2.78. The molecule has 0 radical (unpaired) electrons. The molecular formula is C28H40N4O7. The van der Waals surface area contributed by atoms with Gasteiger partial charge in [0.25, 0.3) is 0 Å². The molecule has 11 nitrogen and oxygen atoms in total. The third-order valence-electron chi connectivity index (χ3n) is 4.96. The van der Waals surface area contributed by atoms with E-state index in [9.17, 15) is 24.0 Å². The van der Waals surface area contributed by atoms with E-state index in [-0.39, 0.29) is 12.3 Å². The molecule has 1 rings (SSSR count). The van der Waals surface area contributed by atoms with Crippen molar-refractivity contribution in [3.05, 3.63) is 35.4 Å². The molecule has 2 atom stereocenters. The summed E-state index contributed by atoms with van der Waals surface area (Å²) in [5.74, 6) is -3.67. The summed E-state index contributed by atoms with van der Waals surface area (Å²) in [6.45, 7) is 13.1. The van der Waals surface area contributed by atoms with Gasteiger partial charge in [0, 0.05) is 0 Å². The molecular weight excluding hydrogens is 504 g/mol. The highest BCUT2D eigenvalue weighted by Gasteiger charge is 2.33. The summed E-state index contributed by atoms with van der Waals surface area (Å²) in [5, 5.41) is 16.3. The molecule has 0 spiro atoms. The lowest BCUT2D eigenvalue weighted by molar-refractivity contribution is -0.160. The standard InChI is InChI=1S/C28H40N4O7/c1-17(2)24(26(37)39-28(6,7)8)32-25(36)20(14-23(35)38-27(3,4)5)31-22(34)16-30-21(33)13-18-9-11-19(15-29)12-10-18/h9-12,17,20,24H,13-14,16H2,1-8H3,(H,30,33)(H,31,34)(H,32,36)/t20-,24-/m0/s1. The zero-order chi connectivity index (χ0) is 30.0. The minimum Gasteiger partial charge on any atom is -0.460 e. The normalized spacial score (nSPS) is 12.9. The van der Waals surface area contributed by atoms with Gasteiger partial charge in [-0.3, -0.25) is 19.2 Å². The monoisotopic (exact) mass is 544 g/mol. The first kappa shape index (κ1) is 33.1. The topological polar surface area (TPSA) is 164 Å². The molecule has 0 aliphatic rings. The van der Waals surface area contributed by atoms with Gasteiger partial charge in [-0.05, 0) is 65.2 Å². The number of rotatable bonds is 11. The second-order valence-electron chi connectivity index (χ2n) is 11.4. The number of carbonyl (C=O) groups is 5. The lowest BCUT2D eigenvalue weighted by Crippen LogP contribution is -2.55. The Kier molecular flexibility index (Phi) is 12.1. The quantitative estimate of drug-likeness (QED) is 0.356. The van der Waals surface area contributed by atoms with Crippen molar-refractivity contribution in [2.45, 2.75) is 91.5 Å². The second kappa shape index (κ2) is 14.3. The number of carbonyl (C=O) groups excluding carboxylic acids is 5. The van der Waals surface area contributed by atoms with Gasteiger partial charge in [-0.15, -0.1) is 0 Å². The predicted octanol–water partition coefficient (Wildman–Crippen LogP) is 1.92. The van der Waals surface area contributed by atoms with Crippen molar-refractivity contribution in [3.63, 3.8) is 0 Å². The molecule has 1 aromatic carbocycles. The summed E-state index contributed by atoms with van der Waals surface area (Å²) in [7, 11) is 0. The van der Waals surface area contributed by atoms with Crippen molar-refractivity contribution in [3.8, 4) is 6.07 Å². The molecule has 214 valence electrons. The Morgan fingerprint density at radius 2 is 1.44 bits per heavy atom. The Balaban J connectivity index is 2.91. The van der Waals surface area contributed by atoms with Crippen LogP contribution in [-0.4, -0.2) is 59.5 Å². The summed E-state index contributed by atoms with van der Waals surface area (Å²) in [5.41, 5.74) is -0.497. The van der Waals surface area contributed by atoms with E-state index >= 15 is 0 Å². The first-order chi connectivity index (χ1) is 17.9. The average molecular weight is 545 g/mol. The third kappa shape index (κ3) is 13.4. The number of nitriles is 1. The van der Waals surface area contributed by atoms with Crippen molar-refractivity contribution in [2.75, 3.05) is 6.54 Å². The fourth-order valence-electron chi connectivity index (χ4n) is 3.25. The van der Waals surface area contributed by atoms with Crippen LogP contribution >= 0.6 is 0 Å². The molecule has 0 saturated heterocycles. The molecule has 3 amide bonds. The van der Waals surface area contributed by atoms with E-state index in [4.69, 9.17) is 14.7 Å². The van der Waals surface area contributed by atoms with Gasteiger partial charge in [-0.2, -0.15) is 5.26 Å². The maximum atomic E-state index is 13.1. The maximum Gasteiger partial charge on any atom is 0.329 e. The predicted molar refractivity (Wildman–Crippen MR) is 143 cm³/mol. The van der Waals surface area contributed by atoms with Crippen LogP contribution < -0.4 is 16.0 Å².